The van der Waals surface area contributed by atoms with Crippen molar-refractivity contribution in [2.75, 3.05) is 13.6 Å². The number of carboxylic acid groups (broad SMARTS) is 1. The molecule has 2 N–H and O–H groups in total. The molecule has 15 heavy (non-hydrogen) atoms. The molecule has 0 spiro atoms. The highest BCUT2D eigenvalue weighted by molar-refractivity contribution is 5.82. The molecule has 1 unspecified atom stereocenters. The van der Waals surface area contributed by atoms with E-state index in [2.05, 4.69) is 19.2 Å². The van der Waals surface area contributed by atoms with Gasteiger partial charge in [0.05, 0.1) is 0 Å². The first-order chi connectivity index (χ1) is 6.86. The predicted octanol–water partition coefficient (Wildman–Crippen LogP) is 1.15. The predicted molar refractivity (Wildman–Crippen MR) is 57.7 cm³/mol. The normalized spacial score (nSPS) is 12.3. The van der Waals surface area contributed by atoms with Crippen molar-refractivity contribution >= 4 is 12.0 Å². The zero-order valence-corrected chi connectivity index (χ0v) is 9.78. The van der Waals surface area contributed by atoms with Gasteiger partial charge in [-0.2, -0.15) is 0 Å². The van der Waals surface area contributed by atoms with Crippen LogP contribution in [0.25, 0.3) is 0 Å². The van der Waals surface area contributed by atoms with Gasteiger partial charge in [0.2, 0.25) is 0 Å². The molecule has 5 nitrogen and oxygen atoms in total. The lowest BCUT2D eigenvalue weighted by Crippen LogP contribution is -2.46. The Balaban J connectivity index is 3.94. The van der Waals surface area contributed by atoms with E-state index in [0.29, 0.717) is 12.5 Å². The molecule has 0 aliphatic heterocycles. The first-order valence-electron chi connectivity index (χ1n) is 5.09. The average molecular weight is 216 g/mol. The largest absolute Gasteiger partial charge is 0.480 e. The van der Waals surface area contributed by atoms with Crippen molar-refractivity contribution in [3.63, 3.8) is 0 Å². The molecule has 0 fully saturated rings. The van der Waals surface area contributed by atoms with E-state index in [1.165, 1.54) is 18.9 Å². The van der Waals surface area contributed by atoms with Crippen LogP contribution in [0, 0.1) is 5.92 Å². The smallest absolute Gasteiger partial charge is 0.326 e. The topological polar surface area (TPSA) is 69.6 Å². The van der Waals surface area contributed by atoms with Gasteiger partial charge in [0.1, 0.15) is 6.04 Å². The molecule has 5 heteroatoms. The van der Waals surface area contributed by atoms with Gasteiger partial charge in [0.15, 0.2) is 0 Å². The van der Waals surface area contributed by atoms with Gasteiger partial charge in [-0.1, -0.05) is 13.8 Å². The molecule has 88 valence electrons. The molecule has 0 radical (unpaired) electrons. The van der Waals surface area contributed by atoms with Gasteiger partial charge < -0.3 is 15.3 Å². The number of urea groups is 1. The molecule has 0 saturated carbocycles. The van der Waals surface area contributed by atoms with Crippen LogP contribution >= 0.6 is 0 Å². The van der Waals surface area contributed by atoms with Crippen LogP contribution in [0.15, 0.2) is 0 Å². The first-order valence-corrected chi connectivity index (χ1v) is 5.09. The van der Waals surface area contributed by atoms with Gasteiger partial charge in [0, 0.05) is 13.6 Å². The number of nitrogens with one attached hydrogen (secondary N) is 1. The van der Waals surface area contributed by atoms with Crippen molar-refractivity contribution in [2.24, 2.45) is 5.92 Å². The number of likely N-dealkylation sites (N-methyl/N-ethyl adjacent to an activating group) is 1. The van der Waals surface area contributed by atoms with Crippen LogP contribution in [-0.2, 0) is 4.79 Å². The Labute approximate surface area is 90.5 Å². The maximum atomic E-state index is 11.4. The van der Waals surface area contributed by atoms with Gasteiger partial charge in [-0.3, -0.25) is 0 Å². The fourth-order valence-electron chi connectivity index (χ4n) is 0.934. The van der Waals surface area contributed by atoms with Crippen LogP contribution in [0.4, 0.5) is 4.79 Å². The summed E-state index contributed by atoms with van der Waals surface area (Å²) in [6, 6.07) is -1.14. The molecule has 0 rings (SSSR count). The summed E-state index contributed by atoms with van der Waals surface area (Å²) in [7, 11) is 1.48. The van der Waals surface area contributed by atoms with Crippen LogP contribution in [0.1, 0.15) is 27.2 Å². The molecular weight excluding hydrogens is 196 g/mol. The van der Waals surface area contributed by atoms with Crippen LogP contribution in [0.5, 0.6) is 0 Å². The van der Waals surface area contributed by atoms with Gasteiger partial charge >= 0.3 is 12.0 Å². The van der Waals surface area contributed by atoms with E-state index in [-0.39, 0.29) is 6.03 Å². The van der Waals surface area contributed by atoms with Gasteiger partial charge in [-0.05, 0) is 19.3 Å². The third-order valence-electron chi connectivity index (χ3n) is 2.26. The highest BCUT2D eigenvalue weighted by atomic mass is 16.4. The summed E-state index contributed by atoms with van der Waals surface area (Å²) in [5.41, 5.74) is 0. The summed E-state index contributed by atoms with van der Waals surface area (Å²) in [6.45, 7) is 6.18. The Kier molecular flexibility index (Phi) is 5.74. The molecule has 0 heterocycles. The lowest BCUT2D eigenvalue weighted by atomic mass is 10.1. The Morgan fingerprint density at radius 2 is 1.87 bits per heavy atom. The third kappa shape index (κ3) is 5.24. The highest BCUT2D eigenvalue weighted by Gasteiger charge is 2.20. The Hall–Kier alpha value is -1.26. The van der Waals surface area contributed by atoms with E-state index in [1.807, 2.05) is 0 Å². The number of carboxylic acids is 1. The second-order valence-corrected chi connectivity index (χ2v) is 4.04. The summed E-state index contributed by atoms with van der Waals surface area (Å²) in [5, 5.41) is 11.4. The molecule has 0 aliphatic rings. The number of hydrogen-bond acceptors (Lipinski definition) is 2. The zero-order chi connectivity index (χ0) is 12.0. The van der Waals surface area contributed by atoms with Crippen LogP contribution in [0.2, 0.25) is 0 Å². The zero-order valence-electron chi connectivity index (χ0n) is 9.78. The van der Waals surface area contributed by atoms with Crippen molar-refractivity contribution in [3.05, 3.63) is 0 Å². The molecular formula is C10H20N2O3. The molecule has 2 amide bonds. The van der Waals surface area contributed by atoms with Crippen molar-refractivity contribution in [1.82, 2.24) is 10.2 Å². The molecule has 0 aromatic heterocycles. The lowest BCUT2D eigenvalue weighted by Gasteiger charge is -2.22. The van der Waals surface area contributed by atoms with Crippen LogP contribution in [0.3, 0.4) is 0 Å². The number of nitrogens with zero attached hydrogens (tertiary/aromatic N) is 1. The summed E-state index contributed by atoms with van der Waals surface area (Å²) in [6.07, 6.45) is 0.890. The Bertz CT molecular complexity index is 229. The molecule has 0 aromatic rings. The monoisotopic (exact) mass is 216 g/mol. The SMILES string of the molecule is CC(C)CCNC(=O)N(C)C(C)C(=O)O. The van der Waals surface area contributed by atoms with E-state index >= 15 is 0 Å². The van der Waals surface area contributed by atoms with Crippen molar-refractivity contribution in [3.8, 4) is 0 Å². The molecule has 0 aromatic carbocycles. The van der Waals surface area contributed by atoms with Crippen molar-refractivity contribution in [2.45, 2.75) is 33.2 Å². The number of amides is 2. The number of aliphatic carboxylic acids is 1. The minimum Gasteiger partial charge on any atom is -0.480 e. The van der Waals surface area contributed by atoms with Gasteiger partial charge in [-0.25, -0.2) is 9.59 Å². The molecule has 0 saturated heterocycles. The fourth-order valence-corrected chi connectivity index (χ4v) is 0.934. The van der Waals surface area contributed by atoms with Crippen molar-refractivity contribution < 1.29 is 14.7 Å². The average Bonchev–Trinajstić information content (AvgIpc) is 2.14. The fraction of sp³-hybridized carbons (Fsp3) is 0.800. The van der Waals surface area contributed by atoms with Crippen LogP contribution in [-0.4, -0.2) is 41.6 Å². The van der Waals surface area contributed by atoms with E-state index in [1.54, 1.807) is 0 Å². The second-order valence-electron chi connectivity index (χ2n) is 4.04. The summed E-state index contributed by atoms with van der Waals surface area (Å²) in [4.78, 5) is 23.2. The molecule has 0 aliphatic carbocycles. The Morgan fingerprint density at radius 1 is 1.33 bits per heavy atom. The van der Waals surface area contributed by atoms with Crippen LogP contribution < -0.4 is 5.32 Å². The summed E-state index contributed by atoms with van der Waals surface area (Å²) in [5.74, 6) is -0.482. The summed E-state index contributed by atoms with van der Waals surface area (Å²) >= 11 is 0. The standard InChI is InChI=1S/C10H20N2O3/c1-7(2)5-6-11-10(15)12(4)8(3)9(13)14/h7-8H,5-6H2,1-4H3,(H,11,15)(H,13,14). The minimum absolute atomic E-state index is 0.342. The molecule has 1 atom stereocenters. The third-order valence-corrected chi connectivity index (χ3v) is 2.26. The van der Waals surface area contributed by atoms with Crippen molar-refractivity contribution in [1.29, 1.82) is 0 Å². The quantitative estimate of drug-likeness (QED) is 0.724. The van der Waals surface area contributed by atoms with Gasteiger partial charge in [-0.15, -0.1) is 0 Å². The highest BCUT2D eigenvalue weighted by Crippen LogP contribution is 1.99. The van der Waals surface area contributed by atoms with E-state index in [4.69, 9.17) is 5.11 Å². The van der Waals surface area contributed by atoms with E-state index < -0.39 is 12.0 Å². The van der Waals surface area contributed by atoms with E-state index in [0.717, 1.165) is 6.42 Å². The number of carbonyl (C=O) groups is 2. The maximum absolute atomic E-state index is 11.4. The number of hydrogen-bond donors (Lipinski definition) is 2. The minimum atomic E-state index is -1.00. The first kappa shape index (κ1) is 13.7. The maximum Gasteiger partial charge on any atom is 0.326 e. The number of rotatable bonds is 5. The Morgan fingerprint density at radius 3 is 2.27 bits per heavy atom. The molecule has 0 bridgehead atoms. The van der Waals surface area contributed by atoms with Gasteiger partial charge in [0.25, 0.3) is 0 Å². The second kappa shape index (κ2) is 6.27. The summed E-state index contributed by atoms with van der Waals surface area (Å²) < 4.78 is 0. The lowest BCUT2D eigenvalue weighted by molar-refractivity contribution is -0.141. The number of carbonyl (C=O) groups excluding carboxylic acids is 1. The van der Waals surface area contributed by atoms with E-state index in [9.17, 15) is 9.59 Å².